The van der Waals surface area contributed by atoms with Crippen LogP contribution in [0.2, 0.25) is 0 Å². The number of hydrogen-bond donors (Lipinski definition) is 1. The van der Waals surface area contributed by atoms with Crippen LogP contribution >= 0.6 is 24.0 Å². The molecule has 2 amide bonds. The number of aryl methyl sites for hydroxylation is 1. The van der Waals surface area contributed by atoms with E-state index in [0.717, 1.165) is 19.5 Å². The maximum atomic E-state index is 12.0. The quantitative estimate of drug-likeness (QED) is 0.378. The van der Waals surface area contributed by atoms with Crippen molar-refractivity contribution in [2.75, 3.05) is 54.4 Å². The van der Waals surface area contributed by atoms with Crippen LogP contribution in [0, 0.1) is 6.92 Å². The lowest BCUT2D eigenvalue weighted by Gasteiger charge is -2.23. The lowest BCUT2D eigenvalue weighted by Crippen LogP contribution is -2.45. The predicted molar refractivity (Wildman–Crippen MR) is 123 cm³/mol. The van der Waals surface area contributed by atoms with Crippen molar-refractivity contribution in [3.8, 4) is 0 Å². The van der Waals surface area contributed by atoms with E-state index >= 15 is 0 Å². The number of aliphatic imine (C=N–C) groups is 1. The molecule has 1 aromatic rings. The summed E-state index contributed by atoms with van der Waals surface area (Å²) in [6.07, 6.45) is 1.02. The molecule has 1 atom stereocenters. The number of likely N-dealkylation sites (tertiary alicyclic amines) is 1. The second-order valence-electron chi connectivity index (χ2n) is 7.36. The van der Waals surface area contributed by atoms with Gasteiger partial charge in [-0.2, -0.15) is 0 Å². The highest BCUT2D eigenvalue weighted by atomic mass is 127. The van der Waals surface area contributed by atoms with Crippen LogP contribution in [0.1, 0.15) is 23.5 Å². The Balaban J connectivity index is 0.00000392. The fourth-order valence-corrected chi connectivity index (χ4v) is 3.12. The van der Waals surface area contributed by atoms with Gasteiger partial charge in [-0.25, -0.2) is 4.99 Å². The molecule has 1 heterocycles. The molecule has 0 aromatic heterocycles. The molecule has 1 fully saturated rings. The predicted octanol–water partition coefficient (Wildman–Crippen LogP) is 1.52. The van der Waals surface area contributed by atoms with Gasteiger partial charge in [0.15, 0.2) is 5.96 Å². The number of rotatable bonds is 5. The van der Waals surface area contributed by atoms with Gasteiger partial charge in [-0.3, -0.25) is 9.59 Å². The van der Waals surface area contributed by atoms with E-state index in [4.69, 9.17) is 0 Å². The number of hydrogen-bond acceptors (Lipinski definition) is 3. The van der Waals surface area contributed by atoms with E-state index in [1.165, 1.54) is 20.9 Å². The van der Waals surface area contributed by atoms with Crippen LogP contribution in [0.5, 0.6) is 0 Å². The normalized spacial score (nSPS) is 16.4. The number of guanidine groups is 1. The highest BCUT2D eigenvalue weighted by Gasteiger charge is 2.27. The molecule has 0 aliphatic carbocycles. The van der Waals surface area contributed by atoms with E-state index in [0.29, 0.717) is 11.9 Å². The average Bonchev–Trinajstić information content (AvgIpc) is 3.11. The molecule has 0 radical (unpaired) electrons. The van der Waals surface area contributed by atoms with Crippen LogP contribution in [0.15, 0.2) is 29.3 Å². The minimum Gasteiger partial charge on any atom is -0.347 e. The van der Waals surface area contributed by atoms with Gasteiger partial charge in [0.25, 0.3) is 0 Å². The summed E-state index contributed by atoms with van der Waals surface area (Å²) in [6, 6.07) is 8.44. The summed E-state index contributed by atoms with van der Waals surface area (Å²) in [5.41, 5.74) is 2.65. The maximum absolute atomic E-state index is 12.0. The van der Waals surface area contributed by atoms with Crippen molar-refractivity contribution in [2.45, 2.75) is 19.3 Å². The van der Waals surface area contributed by atoms with Gasteiger partial charge >= 0.3 is 0 Å². The van der Waals surface area contributed by atoms with Crippen molar-refractivity contribution < 1.29 is 9.59 Å². The summed E-state index contributed by atoms with van der Waals surface area (Å²) >= 11 is 0. The van der Waals surface area contributed by atoms with Gasteiger partial charge in [0.05, 0.1) is 6.54 Å². The summed E-state index contributed by atoms with van der Waals surface area (Å²) in [4.78, 5) is 33.6. The molecule has 0 bridgehead atoms. The molecule has 1 saturated heterocycles. The van der Waals surface area contributed by atoms with Gasteiger partial charge in [0, 0.05) is 47.2 Å². The highest BCUT2D eigenvalue weighted by molar-refractivity contribution is 14.0. The Labute approximate surface area is 185 Å². The first-order chi connectivity index (χ1) is 12.8. The molecule has 1 aliphatic heterocycles. The lowest BCUT2D eigenvalue weighted by molar-refractivity contribution is -0.127. The van der Waals surface area contributed by atoms with E-state index in [2.05, 4.69) is 46.4 Å². The molecule has 2 rings (SSSR count). The molecular weight excluding hydrogens is 469 g/mol. The van der Waals surface area contributed by atoms with Gasteiger partial charge < -0.3 is 20.0 Å². The van der Waals surface area contributed by atoms with Crippen molar-refractivity contribution >= 4 is 41.8 Å². The number of amides is 2. The van der Waals surface area contributed by atoms with Crippen LogP contribution in [-0.4, -0.2) is 86.8 Å². The van der Waals surface area contributed by atoms with Crippen molar-refractivity contribution in [3.05, 3.63) is 35.4 Å². The zero-order valence-electron chi connectivity index (χ0n) is 17.4. The molecule has 156 valence electrons. The molecule has 28 heavy (non-hydrogen) atoms. The van der Waals surface area contributed by atoms with E-state index in [1.54, 1.807) is 28.2 Å². The molecule has 0 saturated carbocycles. The molecule has 1 aromatic carbocycles. The first-order valence-corrected chi connectivity index (χ1v) is 9.28. The van der Waals surface area contributed by atoms with Crippen molar-refractivity contribution in [3.63, 3.8) is 0 Å². The molecule has 8 heteroatoms. The van der Waals surface area contributed by atoms with Gasteiger partial charge in [-0.05, 0) is 24.5 Å². The van der Waals surface area contributed by atoms with Crippen molar-refractivity contribution in [1.82, 2.24) is 20.0 Å². The zero-order valence-corrected chi connectivity index (χ0v) is 19.8. The van der Waals surface area contributed by atoms with Gasteiger partial charge in [-0.15, -0.1) is 24.0 Å². The second-order valence-corrected chi connectivity index (χ2v) is 7.36. The number of carbonyl (C=O) groups excluding carboxylic acids is 2. The number of likely N-dealkylation sites (N-methyl/N-ethyl adjacent to an activating group) is 2. The third kappa shape index (κ3) is 6.65. The molecule has 1 aliphatic rings. The summed E-state index contributed by atoms with van der Waals surface area (Å²) in [6.45, 7) is 4.03. The smallest absolute Gasteiger partial charge is 0.243 e. The van der Waals surface area contributed by atoms with Crippen LogP contribution < -0.4 is 5.32 Å². The van der Waals surface area contributed by atoms with Gasteiger partial charge in [0.1, 0.15) is 6.54 Å². The van der Waals surface area contributed by atoms with Crippen molar-refractivity contribution in [2.24, 2.45) is 4.99 Å². The monoisotopic (exact) mass is 501 g/mol. The largest absolute Gasteiger partial charge is 0.347 e. The fourth-order valence-electron chi connectivity index (χ4n) is 3.12. The van der Waals surface area contributed by atoms with Crippen LogP contribution in [0.3, 0.4) is 0 Å². The van der Waals surface area contributed by atoms with Gasteiger partial charge in [0.2, 0.25) is 11.8 Å². The third-order valence-corrected chi connectivity index (χ3v) is 4.88. The maximum Gasteiger partial charge on any atom is 0.243 e. The Morgan fingerprint density at radius 1 is 1.14 bits per heavy atom. The summed E-state index contributed by atoms with van der Waals surface area (Å²) in [7, 11) is 6.87. The Kier molecular flexibility index (Phi) is 9.71. The van der Waals surface area contributed by atoms with Crippen LogP contribution in [0.25, 0.3) is 0 Å². The number of carbonyl (C=O) groups is 2. The van der Waals surface area contributed by atoms with E-state index < -0.39 is 0 Å². The number of benzene rings is 1. The molecule has 7 nitrogen and oxygen atoms in total. The minimum atomic E-state index is -0.0668. The highest BCUT2D eigenvalue weighted by Crippen LogP contribution is 2.29. The SMILES string of the molecule is Cc1ccccc1C1CCN(C(=NCC(=O)N(C)C)NCC(=O)N(C)C)C1.I. The van der Waals surface area contributed by atoms with Crippen molar-refractivity contribution in [1.29, 1.82) is 0 Å². The van der Waals surface area contributed by atoms with E-state index in [-0.39, 0.29) is 48.9 Å². The Hall–Kier alpha value is -1.84. The van der Waals surface area contributed by atoms with Crippen LogP contribution in [-0.2, 0) is 9.59 Å². The summed E-state index contributed by atoms with van der Waals surface area (Å²) in [5, 5.41) is 3.14. The van der Waals surface area contributed by atoms with E-state index in [9.17, 15) is 9.59 Å². The van der Waals surface area contributed by atoms with Gasteiger partial charge in [-0.1, -0.05) is 24.3 Å². The minimum absolute atomic E-state index is 0. The first kappa shape index (κ1) is 24.2. The number of nitrogens with one attached hydrogen (secondary N) is 1. The molecule has 1 unspecified atom stereocenters. The number of nitrogens with zero attached hydrogens (tertiary/aromatic N) is 4. The standard InChI is InChI=1S/C20H31N5O2.HI/c1-15-8-6-7-9-17(15)16-10-11-25(14-16)20(21-12-18(26)23(2)3)22-13-19(27)24(4)5;/h6-9,16H,10-14H2,1-5H3,(H,21,22);1H. The zero-order chi connectivity index (χ0) is 20.0. The Morgan fingerprint density at radius 2 is 1.79 bits per heavy atom. The molecule has 1 N–H and O–H groups in total. The topological polar surface area (TPSA) is 68.2 Å². The first-order valence-electron chi connectivity index (χ1n) is 9.28. The van der Waals surface area contributed by atoms with Crippen LogP contribution in [0.4, 0.5) is 0 Å². The number of halogens is 1. The summed E-state index contributed by atoms with van der Waals surface area (Å²) in [5.74, 6) is 0.947. The molecular formula is C20H32IN5O2. The third-order valence-electron chi connectivity index (χ3n) is 4.88. The molecule has 0 spiro atoms. The Morgan fingerprint density at radius 3 is 2.39 bits per heavy atom. The fraction of sp³-hybridized carbons (Fsp3) is 0.550. The lowest BCUT2D eigenvalue weighted by atomic mass is 9.94. The Bertz CT molecular complexity index is 706. The van der Waals surface area contributed by atoms with E-state index in [1.807, 2.05) is 0 Å². The average molecular weight is 501 g/mol. The second kappa shape index (κ2) is 11.2. The summed E-state index contributed by atoms with van der Waals surface area (Å²) < 4.78 is 0.